The van der Waals surface area contributed by atoms with E-state index in [0.29, 0.717) is 0 Å². The predicted octanol–water partition coefficient (Wildman–Crippen LogP) is 2.34. The first-order valence-corrected chi connectivity index (χ1v) is 8.24. The number of hydrogen-bond donors (Lipinski definition) is 2. The predicted molar refractivity (Wildman–Crippen MR) is 101 cm³/mol. The summed E-state index contributed by atoms with van der Waals surface area (Å²) in [5.74, 6) is -0.979. The van der Waals surface area contributed by atoms with E-state index in [9.17, 15) is 9.59 Å². The highest BCUT2D eigenvalue weighted by molar-refractivity contribution is 6.03. The Morgan fingerprint density at radius 3 is 2.25 bits per heavy atom. The van der Waals surface area contributed by atoms with Gasteiger partial charge in [-0.15, -0.1) is 0 Å². The van der Waals surface area contributed by atoms with Crippen LogP contribution < -0.4 is 11.1 Å². The quantitative estimate of drug-likeness (QED) is 0.620. The van der Waals surface area contributed by atoms with Gasteiger partial charge in [0.1, 0.15) is 0 Å². The number of carbonyl (C=O) groups is 2. The molecular weight excluding hydrogens is 362 g/mol. The van der Waals surface area contributed by atoms with E-state index < -0.39 is 11.9 Å². The van der Waals surface area contributed by atoms with Gasteiger partial charge in [0.15, 0.2) is 12.4 Å². The molecule has 0 unspecified atom stereocenters. The van der Waals surface area contributed by atoms with Crippen LogP contribution >= 0.6 is 0 Å². The maximum atomic E-state index is 12.4. The van der Waals surface area contributed by atoms with Crippen LogP contribution in [0.2, 0.25) is 0 Å². The van der Waals surface area contributed by atoms with Crippen molar-refractivity contribution in [3.05, 3.63) is 71.5 Å². The van der Waals surface area contributed by atoms with Gasteiger partial charge in [0.05, 0.1) is 18.2 Å². The molecule has 0 saturated heterocycles. The standard InChI is InChI=1S/C19H17N5O4/c1-27-16(25)13-9-5-6-10-14(13)17(26)28-11-15-22-18(20)24-19(23-15)21-12-7-3-2-4-8-12/h2-10H,11H2,1H3,(H3,20,21,22,23,24). The summed E-state index contributed by atoms with van der Waals surface area (Å²) in [6.07, 6.45) is 0. The molecule has 2 aromatic carbocycles. The van der Waals surface area contributed by atoms with E-state index >= 15 is 0 Å². The number of nitrogens with one attached hydrogen (secondary N) is 1. The molecule has 0 saturated carbocycles. The molecule has 1 aromatic heterocycles. The van der Waals surface area contributed by atoms with Gasteiger partial charge in [0, 0.05) is 5.69 Å². The summed E-state index contributed by atoms with van der Waals surface area (Å²) in [5, 5.41) is 2.99. The van der Waals surface area contributed by atoms with E-state index in [1.54, 1.807) is 12.1 Å². The van der Waals surface area contributed by atoms with Crippen LogP contribution in [0, 0.1) is 0 Å². The first kappa shape index (κ1) is 18.8. The summed E-state index contributed by atoms with van der Waals surface area (Å²) in [7, 11) is 1.24. The number of nitrogens with two attached hydrogens (primary N) is 1. The number of hydrogen-bond acceptors (Lipinski definition) is 9. The van der Waals surface area contributed by atoms with E-state index in [1.807, 2.05) is 30.3 Å². The third kappa shape index (κ3) is 4.58. The molecule has 0 aliphatic carbocycles. The number of benzene rings is 2. The zero-order valence-corrected chi connectivity index (χ0v) is 15.0. The summed E-state index contributed by atoms with van der Waals surface area (Å²) >= 11 is 0. The van der Waals surface area contributed by atoms with Gasteiger partial charge in [0.25, 0.3) is 0 Å². The number of nitrogen functional groups attached to an aromatic ring is 1. The van der Waals surface area contributed by atoms with Crippen molar-refractivity contribution < 1.29 is 19.1 Å². The van der Waals surface area contributed by atoms with E-state index in [2.05, 4.69) is 25.0 Å². The van der Waals surface area contributed by atoms with E-state index in [4.69, 9.17) is 10.5 Å². The fraction of sp³-hybridized carbons (Fsp3) is 0.105. The molecular formula is C19H17N5O4. The Labute approximate surface area is 160 Å². The van der Waals surface area contributed by atoms with Crippen molar-refractivity contribution in [2.45, 2.75) is 6.61 Å². The maximum Gasteiger partial charge on any atom is 0.339 e. The highest BCUT2D eigenvalue weighted by Crippen LogP contribution is 2.15. The van der Waals surface area contributed by atoms with Crippen LogP contribution in [-0.4, -0.2) is 34.0 Å². The molecule has 9 nitrogen and oxygen atoms in total. The average molecular weight is 379 g/mol. The Balaban J connectivity index is 1.73. The summed E-state index contributed by atoms with van der Waals surface area (Å²) < 4.78 is 9.90. The van der Waals surface area contributed by atoms with E-state index in [1.165, 1.54) is 19.2 Å². The second-order valence-corrected chi connectivity index (χ2v) is 5.54. The Bertz CT molecular complexity index is 995. The van der Waals surface area contributed by atoms with Gasteiger partial charge in [-0.3, -0.25) is 0 Å². The molecule has 0 amide bonds. The topological polar surface area (TPSA) is 129 Å². The van der Waals surface area contributed by atoms with Gasteiger partial charge in [-0.25, -0.2) is 9.59 Å². The summed E-state index contributed by atoms with van der Waals surface area (Å²) in [6.45, 7) is -0.246. The van der Waals surface area contributed by atoms with Crippen LogP contribution in [-0.2, 0) is 16.1 Å². The van der Waals surface area contributed by atoms with Crippen LogP contribution in [0.1, 0.15) is 26.5 Å². The van der Waals surface area contributed by atoms with Crippen molar-refractivity contribution in [2.75, 3.05) is 18.2 Å². The van der Waals surface area contributed by atoms with Crippen LogP contribution in [0.15, 0.2) is 54.6 Å². The molecule has 1 heterocycles. The summed E-state index contributed by atoms with van der Waals surface area (Å²) in [4.78, 5) is 36.3. The molecule has 142 valence electrons. The number of ether oxygens (including phenoxy) is 2. The molecule has 0 bridgehead atoms. The Morgan fingerprint density at radius 2 is 1.57 bits per heavy atom. The second-order valence-electron chi connectivity index (χ2n) is 5.54. The molecule has 3 rings (SSSR count). The highest BCUT2D eigenvalue weighted by Gasteiger charge is 2.19. The van der Waals surface area contributed by atoms with E-state index in [0.717, 1.165) is 5.69 Å². The maximum absolute atomic E-state index is 12.4. The molecule has 0 atom stereocenters. The van der Waals surface area contributed by atoms with Gasteiger partial charge in [0.2, 0.25) is 11.9 Å². The number of para-hydroxylation sites is 1. The fourth-order valence-electron chi connectivity index (χ4n) is 2.37. The number of anilines is 3. The van der Waals surface area contributed by atoms with Crippen LogP contribution in [0.3, 0.4) is 0 Å². The van der Waals surface area contributed by atoms with Crippen molar-refractivity contribution in [2.24, 2.45) is 0 Å². The van der Waals surface area contributed by atoms with Crippen LogP contribution in [0.5, 0.6) is 0 Å². The normalized spacial score (nSPS) is 10.2. The summed E-state index contributed by atoms with van der Waals surface area (Å²) in [5.41, 5.74) is 6.67. The summed E-state index contributed by atoms with van der Waals surface area (Å²) in [6, 6.07) is 15.5. The first-order chi connectivity index (χ1) is 13.6. The number of carbonyl (C=O) groups excluding carboxylic acids is 2. The monoisotopic (exact) mass is 379 g/mol. The van der Waals surface area contributed by atoms with Crippen molar-refractivity contribution in [1.82, 2.24) is 15.0 Å². The number of esters is 2. The lowest BCUT2D eigenvalue weighted by molar-refractivity contribution is 0.0448. The molecule has 3 aromatic rings. The third-order valence-electron chi connectivity index (χ3n) is 3.61. The number of rotatable bonds is 6. The smallest absolute Gasteiger partial charge is 0.339 e. The molecule has 0 fully saturated rings. The molecule has 3 N–H and O–H groups in total. The molecule has 0 aliphatic heterocycles. The zero-order chi connectivity index (χ0) is 19.9. The van der Waals surface area contributed by atoms with E-state index in [-0.39, 0.29) is 35.5 Å². The van der Waals surface area contributed by atoms with Gasteiger partial charge in [-0.1, -0.05) is 30.3 Å². The largest absolute Gasteiger partial charge is 0.465 e. The highest BCUT2D eigenvalue weighted by atomic mass is 16.5. The van der Waals surface area contributed by atoms with Crippen molar-refractivity contribution in [1.29, 1.82) is 0 Å². The minimum absolute atomic E-state index is 0.0190. The van der Waals surface area contributed by atoms with Crippen LogP contribution in [0.25, 0.3) is 0 Å². The van der Waals surface area contributed by atoms with Crippen molar-refractivity contribution in [3.8, 4) is 0 Å². The Morgan fingerprint density at radius 1 is 0.929 bits per heavy atom. The second kappa shape index (κ2) is 8.58. The zero-order valence-electron chi connectivity index (χ0n) is 15.0. The Hall–Kier alpha value is -4.01. The molecule has 28 heavy (non-hydrogen) atoms. The van der Waals surface area contributed by atoms with Crippen molar-refractivity contribution >= 4 is 29.5 Å². The lowest BCUT2D eigenvalue weighted by Crippen LogP contribution is -2.14. The third-order valence-corrected chi connectivity index (χ3v) is 3.61. The molecule has 9 heteroatoms. The Kier molecular flexibility index (Phi) is 5.75. The van der Waals surface area contributed by atoms with Crippen LogP contribution in [0.4, 0.5) is 17.6 Å². The molecule has 0 aliphatic rings. The minimum atomic E-state index is -0.711. The molecule has 0 radical (unpaired) electrons. The number of methoxy groups -OCH3 is 1. The SMILES string of the molecule is COC(=O)c1ccccc1C(=O)OCc1nc(N)nc(Nc2ccccc2)n1. The number of aromatic nitrogens is 3. The van der Waals surface area contributed by atoms with Gasteiger partial charge >= 0.3 is 11.9 Å². The van der Waals surface area contributed by atoms with Gasteiger partial charge in [-0.2, -0.15) is 15.0 Å². The first-order valence-electron chi connectivity index (χ1n) is 8.24. The minimum Gasteiger partial charge on any atom is -0.465 e. The molecule has 0 spiro atoms. The number of nitrogens with zero attached hydrogens (tertiary/aromatic N) is 3. The van der Waals surface area contributed by atoms with Gasteiger partial charge in [-0.05, 0) is 24.3 Å². The average Bonchev–Trinajstić information content (AvgIpc) is 2.72. The lowest BCUT2D eigenvalue weighted by atomic mass is 10.1. The van der Waals surface area contributed by atoms with Crippen molar-refractivity contribution in [3.63, 3.8) is 0 Å². The lowest BCUT2D eigenvalue weighted by Gasteiger charge is -2.09. The fourth-order valence-corrected chi connectivity index (χ4v) is 2.37. The van der Waals surface area contributed by atoms with Gasteiger partial charge < -0.3 is 20.5 Å².